The summed E-state index contributed by atoms with van der Waals surface area (Å²) in [6, 6.07) is 9.79. The van der Waals surface area contributed by atoms with Gasteiger partial charge in [-0.25, -0.2) is 4.79 Å². The van der Waals surface area contributed by atoms with Gasteiger partial charge in [-0.3, -0.25) is 4.68 Å². The molecule has 2 amide bonds. The van der Waals surface area contributed by atoms with Crippen molar-refractivity contribution in [1.82, 2.24) is 20.4 Å². The highest BCUT2D eigenvalue weighted by Gasteiger charge is 2.27. The van der Waals surface area contributed by atoms with Gasteiger partial charge in [0.2, 0.25) is 0 Å². The van der Waals surface area contributed by atoms with Crippen LogP contribution in [0.2, 0.25) is 0 Å². The van der Waals surface area contributed by atoms with Crippen molar-refractivity contribution in [3.63, 3.8) is 0 Å². The predicted molar refractivity (Wildman–Crippen MR) is 92.1 cm³/mol. The molecule has 1 aromatic carbocycles. The molecule has 2 aromatic rings. The van der Waals surface area contributed by atoms with E-state index in [1.54, 1.807) is 7.11 Å². The van der Waals surface area contributed by atoms with Crippen molar-refractivity contribution in [2.24, 2.45) is 7.05 Å². The van der Waals surface area contributed by atoms with E-state index in [0.29, 0.717) is 19.0 Å². The van der Waals surface area contributed by atoms with Gasteiger partial charge in [-0.2, -0.15) is 5.10 Å². The molecule has 1 aliphatic rings. The molecule has 3 rings (SSSR count). The third-order valence-electron chi connectivity index (χ3n) is 4.25. The van der Waals surface area contributed by atoms with Crippen LogP contribution in [-0.2, 0) is 20.0 Å². The van der Waals surface area contributed by atoms with Gasteiger partial charge in [0.05, 0.1) is 19.3 Å². The highest BCUT2D eigenvalue weighted by Crippen LogP contribution is 2.39. The lowest BCUT2D eigenvalue weighted by Gasteiger charge is -2.07. The topological polar surface area (TPSA) is 68.2 Å². The SMILES string of the molecule is COc1ccc(CCNC(=O)NCc2cc(C3CC3)n(C)n2)cc1. The molecular weight excluding hydrogens is 304 g/mol. The van der Waals surface area contributed by atoms with Gasteiger partial charge in [-0.05, 0) is 43.0 Å². The minimum Gasteiger partial charge on any atom is -0.497 e. The van der Waals surface area contributed by atoms with E-state index in [1.807, 2.05) is 36.0 Å². The van der Waals surface area contributed by atoms with Crippen LogP contribution in [0.4, 0.5) is 4.79 Å². The van der Waals surface area contributed by atoms with E-state index < -0.39 is 0 Å². The first kappa shape index (κ1) is 16.4. The number of hydrogen-bond acceptors (Lipinski definition) is 3. The van der Waals surface area contributed by atoms with E-state index in [4.69, 9.17) is 4.74 Å². The molecule has 0 spiro atoms. The summed E-state index contributed by atoms with van der Waals surface area (Å²) in [6.07, 6.45) is 3.28. The molecule has 0 aliphatic heterocycles. The summed E-state index contributed by atoms with van der Waals surface area (Å²) < 4.78 is 7.05. The van der Waals surface area contributed by atoms with Gasteiger partial charge in [0.15, 0.2) is 0 Å². The Morgan fingerprint density at radius 1 is 1.29 bits per heavy atom. The van der Waals surface area contributed by atoms with Crippen LogP contribution in [0.5, 0.6) is 5.75 Å². The third kappa shape index (κ3) is 4.28. The standard InChI is InChI=1S/C18H24N4O2/c1-22-17(14-5-6-14)11-15(21-22)12-20-18(23)19-10-9-13-3-7-16(24-2)8-4-13/h3-4,7-8,11,14H,5-6,9-10,12H2,1-2H3,(H2,19,20,23). The fourth-order valence-electron chi connectivity index (χ4n) is 2.74. The maximum absolute atomic E-state index is 11.9. The van der Waals surface area contributed by atoms with Crippen LogP contribution in [0.25, 0.3) is 0 Å². The minimum absolute atomic E-state index is 0.165. The number of amides is 2. The Morgan fingerprint density at radius 2 is 2.04 bits per heavy atom. The van der Waals surface area contributed by atoms with E-state index in [0.717, 1.165) is 23.4 Å². The van der Waals surface area contributed by atoms with Crippen molar-refractivity contribution < 1.29 is 9.53 Å². The molecule has 6 heteroatoms. The zero-order valence-corrected chi connectivity index (χ0v) is 14.2. The number of rotatable bonds is 7. The maximum Gasteiger partial charge on any atom is 0.315 e. The van der Waals surface area contributed by atoms with Crippen LogP contribution in [0.15, 0.2) is 30.3 Å². The number of nitrogens with zero attached hydrogens (tertiary/aromatic N) is 2. The lowest BCUT2D eigenvalue weighted by molar-refractivity contribution is 0.240. The molecule has 128 valence electrons. The number of carbonyl (C=O) groups is 1. The van der Waals surface area contributed by atoms with Gasteiger partial charge < -0.3 is 15.4 Å². The average molecular weight is 328 g/mol. The molecule has 1 aromatic heterocycles. The van der Waals surface area contributed by atoms with Gasteiger partial charge in [-0.15, -0.1) is 0 Å². The minimum atomic E-state index is -0.165. The number of carbonyl (C=O) groups excluding carboxylic acids is 1. The quantitative estimate of drug-likeness (QED) is 0.820. The number of benzene rings is 1. The van der Waals surface area contributed by atoms with Crippen LogP contribution in [0, 0.1) is 0 Å². The molecule has 1 aliphatic carbocycles. The van der Waals surface area contributed by atoms with E-state index in [1.165, 1.54) is 18.5 Å². The zero-order chi connectivity index (χ0) is 16.9. The smallest absolute Gasteiger partial charge is 0.315 e. The monoisotopic (exact) mass is 328 g/mol. The molecule has 0 saturated heterocycles. The Morgan fingerprint density at radius 3 is 2.71 bits per heavy atom. The Bertz CT molecular complexity index is 690. The summed E-state index contributed by atoms with van der Waals surface area (Å²) in [4.78, 5) is 11.9. The second-order valence-electron chi connectivity index (χ2n) is 6.17. The van der Waals surface area contributed by atoms with Crippen LogP contribution in [0.1, 0.15) is 35.7 Å². The molecule has 0 unspecified atom stereocenters. The first-order valence-corrected chi connectivity index (χ1v) is 8.33. The van der Waals surface area contributed by atoms with Crippen molar-refractivity contribution in [2.45, 2.75) is 31.7 Å². The van der Waals surface area contributed by atoms with Crippen LogP contribution < -0.4 is 15.4 Å². The lowest BCUT2D eigenvalue weighted by Crippen LogP contribution is -2.36. The first-order valence-electron chi connectivity index (χ1n) is 8.33. The molecule has 24 heavy (non-hydrogen) atoms. The molecule has 0 atom stereocenters. The fourth-order valence-corrected chi connectivity index (χ4v) is 2.74. The number of aryl methyl sites for hydroxylation is 1. The summed E-state index contributed by atoms with van der Waals surface area (Å²) in [5, 5.41) is 10.2. The van der Waals surface area contributed by atoms with Crippen LogP contribution in [0.3, 0.4) is 0 Å². The molecule has 2 N–H and O–H groups in total. The largest absolute Gasteiger partial charge is 0.497 e. The summed E-state index contributed by atoms with van der Waals surface area (Å²) in [5.41, 5.74) is 3.34. The number of methoxy groups -OCH3 is 1. The highest BCUT2D eigenvalue weighted by atomic mass is 16.5. The predicted octanol–water partition coefficient (Wildman–Crippen LogP) is 2.35. The summed E-state index contributed by atoms with van der Waals surface area (Å²) in [6.45, 7) is 1.04. The molecule has 1 saturated carbocycles. The Kier molecular flexibility index (Phi) is 5.03. The number of aromatic nitrogens is 2. The van der Waals surface area contributed by atoms with E-state index >= 15 is 0 Å². The normalized spacial score (nSPS) is 13.6. The molecule has 0 radical (unpaired) electrons. The lowest BCUT2D eigenvalue weighted by atomic mass is 10.1. The van der Waals surface area contributed by atoms with E-state index in [9.17, 15) is 4.79 Å². The van der Waals surface area contributed by atoms with Gasteiger partial charge >= 0.3 is 6.03 Å². The van der Waals surface area contributed by atoms with E-state index in [-0.39, 0.29) is 6.03 Å². The van der Waals surface area contributed by atoms with Gasteiger partial charge in [0, 0.05) is 25.2 Å². The molecule has 1 heterocycles. The number of nitrogens with one attached hydrogen (secondary N) is 2. The maximum atomic E-state index is 11.9. The second kappa shape index (κ2) is 7.38. The molecule has 6 nitrogen and oxygen atoms in total. The Hall–Kier alpha value is -2.50. The average Bonchev–Trinajstić information content (AvgIpc) is 3.36. The molecule has 1 fully saturated rings. The zero-order valence-electron chi connectivity index (χ0n) is 14.2. The fraction of sp³-hybridized carbons (Fsp3) is 0.444. The summed E-state index contributed by atoms with van der Waals surface area (Å²) >= 11 is 0. The van der Waals surface area contributed by atoms with Gasteiger partial charge in [-0.1, -0.05) is 12.1 Å². The van der Waals surface area contributed by atoms with Gasteiger partial charge in [0.1, 0.15) is 5.75 Å². The summed E-state index contributed by atoms with van der Waals surface area (Å²) in [7, 11) is 3.61. The van der Waals surface area contributed by atoms with Crippen molar-refractivity contribution >= 4 is 6.03 Å². The summed E-state index contributed by atoms with van der Waals surface area (Å²) in [5.74, 6) is 1.50. The molecule has 0 bridgehead atoms. The first-order chi connectivity index (χ1) is 11.7. The highest BCUT2D eigenvalue weighted by molar-refractivity contribution is 5.73. The molecular formula is C18H24N4O2. The number of urea groups is 1. The van der Waals surface area contributed by atoms with Gasteiger partial charge in [0.25, 0.3) is 0 Å². The van der Waals surface area contributed by atoms with Crippen molar-refractivity contribution in [3.8, 4) is 5.75 Å². The Balaban J connectivity index is 1.38. The van der Waals surface area contributed by atoms with Crippen molar-refractivity contribution in [3.05, 3.63) is 47.3 Å². The Labute approximate surface area is 142 Å². The van der Waals surface area contributed by atoms with Crippen molar-refractivity contribution in [1.29, 1.82) is 0 Å². The van der Waals surface area contributed by atoms with Crippen LogP contribution in [-0.4, -0.2) is 29.5 Å². The number of hydrogen-bond donors (Lipinski definition) is 2. The third-order valence-corrected chi connectivity index (χ3v) is 4.25. The van der Waals surface area contributed by atoms with Crippen molar-refractivity contribution in [2.75, 3.05) is 13.7 Å². The van der Waals surface area contributed by atoms with Crippen LogP contribution >= 0.6 is 0 Å². The second-order valence-corrected chi connectivity index (χ2v) is 6.17. The number of ether oxygens (including phenoxy) is 1. The van der Waals surface area contributed by atoms with E-state index in [2.05, 4.69) is 21.8 Å².